The number of benzene rings is 3. The molecule has 13 nitrogen and oxygen atoms in total. The fourth-order valence-electron chi connectivity index (χ4n) is 5.88. The van der Waals surface area contributed by atoms with Crippen LogP contribution in [0.5, 0.6) is 11.6 Å². The Kier molecular flexibility index (Phi) is 14.0. The average molecular weight is 805 g/mol. The number of rotatable bonds is 17. The summed E-state index contributed by atoms with van der Waals surface area (Å²) in [7, 11) is -3.16. The van der Waals surface area contributed by atoms with Crippen molar-refractivity contribution in [2.75, 3.05) is 29.1 Å². The van der Waals surface area contributed by atoms with Crippen molar-refractivity contribution in [2.45, 2.75) is 83.1 Å². The first-order valence-corrected chi connectivity index (χ1v) is 19.9. The molecule has 2 heterocycles. The molecule has 16 heteroatoms. The molecule has 0 aliphatic rings. The fourth-order valence-corrected chi connectivity index (χ4v) is 6.99. The number of aryl methyl sites for hydroxylation is 1. The molecule has 2 amide bonds. The van der Waals surface area contributed by atoms with Crippen LogP contribution in [0.3, 0.4) is 0 Å². The van der Waals surface area contributed by atoms with Crippen molar-refractivity contribution in [2.24, 2.45) is 0 Å². The van der Waals surface area contributed by atoms with Gasteiger partial charge in [0.15, 0.2) is 0 Å². The van der Waals surface area contributed by atoms with E-state index < -0.39 is 38.2 Å². The second kappa shape index (κ2) is 18.8. The molecule has 0 radical (unpaired) electrons. The molecule has 0 fully saturated rings. The summed E-state index contributed by atoms with van der Waals surface area (Å²) in [6, 6.07) is 14.3. The summed E-state index contributed by atoms with van der Waals surface area (Å²) in [4.78, 5) is 37.2. The molecule has 0 spiro atoms. The second-order valence-electron chi connectivity index (χ2n) is 14.2. The van der Waals surface area contributed by atoms with Crippen molar-refractivity contribution in [3.05, 3.63) is 90.5 Å². The van der Waals surface area contributed by atoms with Gasteiger partial charge in [0.1, 0.15) is 45.4 Å². The zero-order chi connectivity index (χ0) is 41.2. The van der Waals surface area contributed by atoms with Crippen LogP contribution in [-0.2, 0) is 19.6 Å². The second-order valence-corrected chi connectivity index (χ2v) is 15.9. The van der Waals surface area contributed by atoms with Gasteiger partial charge in [-0.2, -0.15) is 0 Å². The highest BCUT2D eigenvalue weighted by atomic mass is 32.2. The third-order valence-electron chi connectivity index (χ3n) is 8.60. The van der Waals surface area contributed by atoms with E-state index in [2.05, 4.69) is 30.3 Å². The SMILES string of the molecule is COc1ncc(-c2cc(OCCCCCCCCC(=O)Nc3ccccc3NC(=O)OC(C)(C)C)c3ncnc(C)c3c2)cc1NS(=O)(=O)c1ccc(F)cc1F. The smallest absolute Gasteiger partial charge is 0.412 e. The van der Waals surface area contributed by atoms with E-state index in [1.54, 1.807) is 51.1 Å². The predicted octanol–water partition coefficient (Wildman–Crippen LogP) is 9.18. The van der Waals surface area contributed by atoms with E-state index in [0.717, 1.165) is 49.6 Å². The number of hydrogen-bond donors (Lipinski definition) is 3. The molecular formula is C41H46F2N6O7S. The van der Waals surface area contributed by atoms with Gasteiger partial charge in [0.25, 0.3) is 10.0 Å². The highest BCUT2D eigenvalue weighted by Gasteiger charge is 2.23. The van der Waals surface area contributed by atoms with Gasteiger partial charge in [-0.3, -0.25) is 14.8 Å². The van der Waals surface area contributed by atoms with Gasteiger partial charge in [-0.25, -0.2) is 36.9 Å². The van der Waals surface area contributed by atoms with Crippen molar-refractivity contribution in [3.8, 4) is 22.8 Å². The zero-order valence-corrected chi connectivity index (χ0v) is 33.3. The number of amides is 2. The van der Waals surface area contributed by atoms with E-state index >= 15 is 0 Å². The maximum absolute atomic E-state index is 14.4. The molecule has 0 atom stereocenters. The third kappa shape index (κ3) is 11.8. The number of sulfonamides is 1. The van der Waals surface area contributed by atoms with E-state index in [-0.39, 0.29) is 17.5 Å². The van der Waals surface area contributed by atoms with Crippen LogP contribution in [0, 0.1) is 18.6 Å². The Labute approximate surface area is 330 Å². The van der Waals surface area contributed by atoms with Crippen molar-refractivity contribution in [1.82, 2.24) is 15.0 Å². The normalized spacial score (nSPS) is 11.6. The van der Waals surface area contributed by atoms with Crippen molar-refractivity contribution < 1.29 is 41.0 Å². The number of carbonyl (C=O) groups excluding carboxylic acids is 2. The molecule has 5 aromatic rings. The minimum atomic E-state index is -4.48. The molecule has 2 aromatic heterocycles. The fraction of sp³-hybridized carbons (Fsp3) is 0.341. The van der Waals surface area contributed by atoms with Crippen LogP contribution in [0.4, 0.5) is 30.6 Å². The van der Waals surface area contributed by atoms with Crippen LogP contribution in [-0.4, -0.2) is 54.7 Å². The summed E-state index contributed by atoms with van der Waals surface area (Å²) in [5, 5.41) is 6.29. The molecule has 0 aliphatic carbocycles. The minimum absolute atomic E-state index is 0.0547. The maximum Gasteiger partial charge on any atom is 0.412 e. The number of hydrogen-bond acceptors (Lipinski definition) is 10. The summed E-state index contributed by atoms with van der Waals surface area (Å²) < 4.78 is 73.2. The molecule has 57 heavy (non-hydrogen) atoms. The van der Waals surface area contributed by atoms with Gasteiger partial charge < -0.3 is 19.5 Å². The molecule has 5 rings (SSSR count). The Hall–Kier alpha value is -5.90. The van der Waals surface area contributed by atoms with Gasteiger partial charge >= 0.3 is 6.09 Å². The average Bonchev–Trinajstić information content (AvgIpc) is 3.14. The van der Waals surface area contributed by atoms with E-state index in [0.29, 0.717) is 65.0 Å². The van der Waals surface area contributed by atoms with E-state index in [4.69, 9.17) is 14.2 Å². The number of halogens is 2. The molecule has 0 bridgehead atoms. The van der Waals surface area contributed by atoms with Crippen molar-refractivity contribution in [1.29, 1.82) is 0 Å². The van der Waals surface area contributed by atoms with Crippen molar-refractivity contribution in [3.63, 3.8) is 0 Å². The van der Waals surface area contributed by atoms with Gasteiger partial charge in [-0.15, -0.1) is 0 Å². The first-order valence-electron chi connectivity index (χ1n) is 18.4. The Morgan fingerprint density at radius 3 is 2.21 bits per heavy atom. The number of carbonyl (C=O) groups is 2. The van der Waals surface area contributed by atoms with Gasteiger partial charge in [-0.1, -0.05) is 37.8 Å². The lowest BCUT2D eigenvalue weighted by Gasteiger charge is -2.20. The summed E-state index contributed by atoms with van der Waals surface area (Å²) in [5.41, 5.74) is 2.70. The quantitative estimate of drug-likeness (QED) is 0.0770. The number of anilines is 3. The highest BCUT2D eigenvalue weighted by molar-refractivity contribution is 7.92. The summed E-state index contributed by atoms with van der Waals surface area (Å²) in [6.07, 6.45) is 7.88. The molecular weight excluding hydrogens is 759 g/mol. The van der Waals surface area contributed by atoms with Crippen LogP contribution in [0.2, 0.25) is 0 Å². The Morgan fingerprint density at radius 2 is 1.51 bits per heavy atom. The zero-order valence-electron chi connectivity index (χ0n) is 32.4. The number of unbranched alkanes of at least 4 members (excludes halogenated alkanes) is 5. The van der Waals surface area contributed by atoms with Gasteiger partial charge in [0, 0.05) is 35.3 Å². The summed E-state index contributed by atoms with van der Waals surface area (Å²) in [5.74, 6) is -1.84. The van der Waals surface area contributed by atoms with E-state index in [1.165, 1.54) is 25.7 Å². The van der Waals surface area contributed by atoms with Crippen molar-refractivity contribution >= 4 is 50.0 Å². The van der Waals surface area contributed by atoms with Gasteiger partial charge in [-0.05, 0) is 88.6 Å². The van der Waals surface area contributed by atoms with Gasteiger partial charge in [0.2, 0.25) is 11.8 Å². The molecule has 0 saturated carbocycles. The van der Waals surface area contributed by atoms with Crippen LogP contribution < -0.4 is 24.8 Å². The molecule has 0 unspecified atom stereocenters. The number of pyridine rings is 1. The molecule has 0 aliphatic heterocycles. The lowest BCUT2D eigenvalue weighted by Crippen LogP contribution is -2.27. The van der Waals surface area contributed by atoms with Crippen LogP contribution in [0.25, 0.3) is 22.0 Å². The van der Waals surface area contributed by atoms with Crippen LogP contribution >= 0.6 is 0 Å². The highest BCUT2D eigenvalue weighted by Crippen LogP contribution is 2.36. The topological polar surface area (TPSA) is 171 Å². The van der Waals surface area contributed by atoms with Crippen LogP contribution in [0.1, 0.15) is 71.4 Å². The Balaban J connectivity index is 1.14. The predicted molar refractivity (Wildman–Crippen MR) is 214 cm³/mol. The van der Waals surface area contributed by atoms with E-state index in [1.807, 2.05) is 13.0 Å². The Bertz CT molecular complexity index is 2340. The number of nitrogens with zero attached hydrogens (tertiary/aromatic N) is 3. The molecule has 0 saturated heterocycles. The monoisotopic (exact) mass is 804 g/mol. The lowest BCUT2D eigenvalue weighted by molar-refractivity contribution is -0.116. The van der Waals surface area contributed by atoms with Crippen LogP contribution in [0.15, 0.2) is 78.1 Å². The lowest BCUT2D eigenvalue weighted by atomic mass is 10.0. The number of aromatic nitrogens is 3. The third-order valence-corrected chi connectivity index (χ3v) is 10.00. The number of para-hydroxylation sites is 2. The largest absolute Gasteiger partial charge is 0.491 e. The van der Waals surface area contributed by atoms with E-state index in [9.17, 15) is 26.8 Å². The number of nitrogens with one attached hydrogen (secondary N) is 3. The number of methoxy groups -OCH3 is 1. The molecule has 3 aromatic carbocycles. The standard InChI is InChI=1S/C41H46F2N6O7S/c1-26-30-20-27(28-21-34(39(54-5)44-24-28)49-57(52,53)36-18-17-29(42)23-31(36)43)22-35(38(30)46-25-45-26)55-19-13-9-7-6-8-10-16-37(50)47-32-14-11-12-15-33(32)48-40(51)56-41(2,3)4/h11-12,14-15,17-18,20-25,49H,6-10,13,16,19H2,1-5H3,(H,47,50)(H,48,51). The summed E-state index contributed by atoms with van der Waals surface area (Å²) in [6.45, 7) is 7.58. The van der Waals surface area contributed by atoms with Gasteiger partial charge in [0.05, 0.1) is 25.1 Å². The molecule has 3 N–H and O–H groups in total. The first-order chi connectivity index (χ1) is 27.1. The minimum Gasteiger partial charge on any atom is -0.491 e. The first kappa shape index (κ1) is 42.2. The number of fused-ring (bicyclic) bond motifs is 1. The maximum atomic E-state index is 14.4. The Morgan fingerprint density at radius 1 is 0.807 bits per heavy atom. The molecule has 302 valence electrons. The summed E-state index contributed by atoms with van der Waals surface area (Å²) >= 11 is 0. The number of ether oxygens (including phenoxy) is 3.